The molecule has 2 N–H and O–H groups in total. The largest absolute Gasteiger partial charge is 0.467 e. The quantitative estimate of drug-likeness (QED) is 0.865. The highest BCUT2D eigenvalue weighted by Gasteiger charge is 2.19. The Labute approximate surface area is 111 Å². The van der Waals surface area contributed by atoms with Crippen molar-refractivity contribution in [2.75, 3.05) is 19.0 Å². The maximum Gasteiger partial charge on any atom is 0.322 e. The summed E-state index contributed by atoms with van der Waals surface area (Å²) in [6, 6.07) is 0.205. The summed E-state index contributed by atoms with van der Waals surface area (Å²) in [5.41, 5.74) is 0. The molecule has 0 spiro atoms. The minimum Gasteiger partial charge on any atom is -0.467 e. The average molecular weight is 273 g/mol. The molecule has 0 unspecified atom stereocenters. The SMILES string of the molecule is COc1nc(Cl)nc(NCC2CCC(O)CC2)n1. The number of hydrogen-bond donors (Lipinski definition) is 2. The van der Waals surface area contributed by atoms with Crippen LogP contribution >= 0.6 is 11.6 Å². The summed E-state index contributed by atoms with van der Waals surface area (Å²) in [4.78, 5) is 11.9. The molecule has 0 saturated heterocycles. The number of rotatable bonds is 4. The van der Waals surface area contributed by atoms with E-state index in [1.807, 2.05) is 0 Å². The molecule has 0 bridgehead atoms. The minimum atomic E-state index is -0.132. The monoisotopic (exact) mass is 272 g/mol. The lowest BCUT2D eigenvalue weighted by Gasteiger charge is -2.25. The van der Waals surface area contributed by atoms with E-state index >= 15 is 0 Å². The molecule has 100 valence electrons. The van der Waals surface area contributed by atoms with Gasteiger partial charge in [0.1, 0.15) is 0 Å². The first-order valence-corrected chi connectivity index (χ1v) is 6.42. The smallest absolute Gasteiger partial charge is 0.322 e. The van der Waals surface area contributed by atoms with Gasteiger partial charge in [0.05, 0.1) is 13.2 Å². The average Bonchev–Trinajstić information content (AvgIpc) is 2.37. The Bertz CT molecular complexity index is 397. The summed E-state index contributed by atoms with van der Waals surface area (Å²) in [7, 11) is 1.48. The lowest BCUT2D eigenvalue weighted by atomic mass is 9.87. The van der Waals surface area contributed by atoms with Crippen molar-refractivity contribution in [1.82, 2.24) is 15.0 Å². The lowest BCUT2D eigenvalue weighted by molar-refractivity contribution is 0.111. The summed E-state index contributed by atoms with van der Waals surface area (Å²) in [5.74, 6) is 0.966. The second-order valence-electron chi connectivity index (χ2n) is 4.47. The molecule has 0 aliphatic heterocycles. The van der Waals surface area contributed by atoms with Gasteiger partial charge in [-0.1, -0.05) is 0 Å². The molecule has 0 atom stereocenters. The van der Waals surface area contributed by atoms with E-state index < -0.39 is 0 Å². The van der Waals surface area contributed by atoms with Gasteiger partial charge in [0, 0.05) is 6.54 Å². The van der Waals surface area contributed by atoms with Crippen LogP contribution in [-0.2, 0) is 0 Å². The van der Waals surface area contributed by atoms with Gasteiger partial charge in [-0.05, 0) is 43.2 Å². The summed E-state index contributed by atoms with van der Waals surface area (Å²) < 4.78 is 4.92. The van der Waals surface area contributed by atoms with Gasteiger partial charge in [-0.2, -0.15) is 15.0 Å². The number of aromatic nitrogens is 3. The summed E-state index contributed by atoms with van der Waals surface area (Å²) >= 11 is 5.75. The third-order valence-corrected chi connectivity index (χ3v) is 3.30. The van der Waals surface area contributed by atoms with Crippen LogP contribution in [0.4, 0.5) is 5.95 Å². The molecule has 1 heterocycles. The molecule has 0 radical (unpaired) electrons. The Kier molecular flexibility index (Phi) is 4.54. The van der Waals surface area contributed by atoms with Crippen molar-refractivity contribution in [2.24, 2.45) is 5.92 Å². The molecular formula is C11H17ClN4O2. The van der Waals surface area contributed by atoms with Gasteiger partial charge in [0.25, 0.3) is 0 Å². The fourth-order valence-electron chi connectivity index (χ4n) is 2.09. The number of methoxy groups -OCH3 is 1. The van der Waals surface area contributed by atoms with Crippen LogP contribution in [-0.4, -0.2) is 39.8 Å². The number of hydrogen-bond acceptors (Lipinski definition) is 6. The molecule has 1 aliphatic rings. The Morgan fingerprint density at radius 2 is 2.00 bits per heavy atom. The second-order valence-corrected chi connectivity index (χ2v) is 4.81. The van der Waals surface area contributed by atoms with Crippen molar-refractivity contribution < 1.29 is 9.84 Å². The first kappa shape index (κ1) is 13.3. The molecule has 1 aromatic rings. The Morgan fingerprint density at radius 1 is 1.28 bits per heavy atom. The topological polar surface area (TPSA) is 80.2 Å². The van der Waals surface area contributed by atoms with Crippen LogP contribution in [0.2, 0.25) is 5.28 Å². The minimum absolute atomic E-state index is 0.114. The first-order valence-electron chi connectivity index (χ1n) is 6.05. The Morgan fingerprint density at radius 3 is 2.67 bits per heavy atom. The predicted molar refractivity (Wildman–Crippen MR) is 67.8 cm³/mol. The highest BCUT2D eigenvalue weighted by Crippen LogP contribution is 2.24. The zero-order chi connectivity index (χ0) is 13.0. The number of anilines is 1. The third-order valence-electron chi connectivity index (χ3n) is 3.14. The summed E-state index contributed by atoms with van der Waals surface area (Å²) in [6.07, 6.45) is 3.64. The van der Waals surface area contributed by atoms with Gasteiger partial charge in [0.15, 0.2) is 0 Å². The molecule has 1 fully saturated rings. The molecule has 6 nitrogen and oxygen atoms in total. The van der Waals surface area contributed by atoms with E-state index in [1.165, 1.54) is 7.11 Å². The van der Waals surface area contributed by atoms with E-state index in [9.17, 15) is 5.11 Å². The van der Waals surface area contributed by atoms with E-state index in [-0.39, 0.29) is 17.4 Å². The zero-order valence-corrected chi connectivity index (χ0v) is 11.0. The van der Waals surface area contributed by atoms with Gasteiger partial charge < -0.3 is 15.2 Å². The van der Waals surface area contributed by atoms with Gasteiger partial charge in [-0.3, -0.25) is 0 Å². The van der Waals surface area contributed by atoms with Gasteiger partial charge in [-0.25, -0.2) is 0 Å². The van der Waals surface area contributed by atoms with Crippen LogP contribution in [0.5, 0.6) is 6.01 Å². The van der Waals surface area contributed by atoms with Crippen molar-refractivity contribution in [1.29, 1.82) is 0 Å². The highest BCUT2D eigenvalue weighted by molar-refractivity contribution is 6.28. The van der Waals surface area contributed by atoms with Crippen molar-refractivity contribution in [2.45, 2.75) is 31.8 Å². The van der Waals surface area contributed by atoms with Crippen molar-refractivity contribution in [3.63, 3.8) is 0 Å². The van der Waals surface area contributed by atoms with E-state index in [4.69, 9.17) is 16.3 Å². The number of nitrogens with one attached hydrogen (secondary N) is 1. The number of nitrogens with zero attached hydrogens (tertiary/aromatic N) is 3. The first-order chi connectivity index (χ1) is 8.67. The summed E-state index contributed by atoms with van der Waals surface area (Å²) in [6.45, 7) is 0.774. The molecule has 0 aromatic carbocycles. The highest BCUT2D eigenvalue weighted by atomic mass is 35.5. The second kappa shape index (κ2) is 6.15. The van der Waals surface area contributed by atoms with Gasteiger partial charge in [0.2, 0.25) is 11.2 Å². The molecule has 1 saturated carbocycles. The molecule has 1 aliphatic carbocycles. The van der Waals surface area contributed by atoms with Gasteiger partial charge in [-0.15, -0.1) is 0 Å². The Hall–Kier alpha value is -1.14. The molecule has 7 heteroatoms. The molecule has 18 heavy (non-hydrogen) atoms. The fraction of sp³-hybridized carbons (Fsp3) is 0.727. The number of aliphatic hydroxyl groups excluding tert-OH is 1. The van der Waals surface area contributed by atoms with Crippen LogP contribution < -0.4 is 10.1 Å². The number of aliphatic hydroxyl groups is 1. The standard InChI is InChI=1S/C11H17ClN4O2/c1-18-11-15-9(12)14-10(16-11)13-6-7-2-4-8(17)5-3-7/h7-8,17H,2-6H2,1H3,(H,13,14,15,16). The van der Waals surface area contributed by atoms with Crippen molar-refractivity contribution in [3.05, 3.63) is 5.28 Å². The van der Waals surface area contributed by atoms with Crippen LogP contribution in [0.15, 0.2) is 0 Å². The van der Waals surface area contributed by atoms with E-state index in [1.54, 1.807) is 0 Å². The van der Waals surface area contributed by atoms with E-state index in [2.05, 4.69) is 20.3 Å². The lowest BCUT2D eigenvalue weighted by Crippen LogP contribution is -2.24. The zero-order valence-electron chi connectivity index (χ0n) is 10.3. The molecular weight excluding hydrogens is 256 g/mol. The van der Waals surface area contributed by atoms with E-state index in [0.717, 1.165) is 32.2 Å². The van der Waals surface area contributed by atoms with Gasteiger partial charge >= 0.3 is 6.01 Å². The van der Waals surface area contributed by atoms with Crippen LogP contribution in [0.25, 0.3) is 0 Å². The van der Waals surface area contributed by atoms with Crippen molar-refractivity contribution >= 4 is 17.5 Å². The van der Waals surface area contributed by atoms with Crippen molar-refractivity contribution in [3.8, 4) is 6.01 Å². The molecule has 2 rings (SSSR count). The number of halogens is 1. The van der Waals surface area contributed by atoms with Crippen LogP contribution in [0, 0.1) is 5.92 Å². The number of ether oxygens (including phenoxy) is 1. The Balaban J connectivity index is 1.88. The fourth-order valence-corrected chi connectivity index (χ4v) is 2.24. The predicted octanol–water partition coefficient (Wildman–Crippen LogP) is 1.50. The maximum atomic E-state index is 9.43. The van der Waals surface area contributed by atoms with Crippen LogP contribution in [0.1, 0.15) is 25.7 Å². The summed E-state index contributed by atoms with van der Waals surface area (Å²) in [5, 5.41) is 12.7. The maximum absolute atomic E-state index is 9.43. The van der Waals surface area contributed by atoms with E-state index in [0.29, 0.717) is 11.9 Å². The normalized spacial score (nSPS) is 23.7. The molecule has 1 aromatic heterocycles. The molecule has 0 amide bonds. The van der Waals surface area contributed by atoms with Crippen LogP contribution in [0.3, 0.4) is 0 Å². The third kappa shape index (κ3) is 3.68.